The van der Waals surface area contributed by atoms with Gasteiger partial charge in [-0.1, -0.05) is 6.07 Å². The minimum Gasteiger partial charge on any atom is -0.326 e. The van der Waals surface area contributed by atoms with Crippen LogP contribution in [-0.4, -0.2) is 0 Å². The van der Waals surface area contributed by atoms with Crippen LogP contribution < -0.4 is 5.73 Å². The molecule has 0 heterocycles. The van der Waals surface area contributed by atoms with Crippen LogP contribution >= 0.6 is 11.8 Å². The normalized spacial score (nSPS) is 10.7. The van der Waals surface area contributed by atoms with Gasteiger partial charge in [-0.3, -0.25) is 0 Å². The Labute approximate surface area is 113 Å². The minimum atomic E-state index is -0.605. The van der Waals surface area contributed by atoms with Crippen LogP contribution in [0.25, 0.3) is 0 Å². The summed E-state index contributed by atoms with van der Waals surface area (Å²) in [4.78, 5) is 0.355. The Morgan fingerprint density at radius 2 is 1.58 bits per heavy atom. The first-order valence-electron chi connectivity index (χ1n) is 5.65. The molecule has 0 atom stereocenters. The van der Waals surface area contributed by atoms with E-state index in [1.54, 1.807) is 6.07 Å². The molecule has 2 aromatic rings. The van der Waals surface area contributed by atoms with E-state index in [1.807, 2.05) is 0 Å². The van der Waals surface area contributed by atoms with E-state index >= 15 is 0 Å². The molecule has 0 saturated carbocycles. The summed E-state index contributed by atoms with van der Waals surface area (Å²) in [6.07, 6.45) is 0. The van der Waals surface area contributed by atoms with Crippen molar-refractivity contribution in [1.29, 1.82) is 0 Å². The van der Waals surface area contributed by atoms with Crippen LogP contribution in [0.1, 0.15) is 11.1 Å². The lowest BCUT2D eigenvalue weighted by molar-refractivity contribution is 0.565. The molecule has 0 bridgehead atoms. The van der Waals surface area contributed by atoms with E-state index in [-0.39, 0.29) is 12.4 Å². The third kappa shape index (κ3) is 3.52. The Hall–Kier alpha value is -1.46. The van der Waals surface area contributed by atoms with Crippen LogP contribution in [0.2, 0.25) is 0 Å². The highest BCUT2D eigenvalue weighted by atomic mass is 32.2. The lowest BCUT2D eigenvalue weighted by atomic mass is 10.1. The van der Waals surface area contributed by atoms with Gasteiger partial charge in [0.05, 0.1) is 0 Å². The summed E-state index contributed by atoms with van der Waals surface area (Å²) in [6.45, 7) is 0.222. The molecule has 0 saturated heterocycles. The maximum atomic E-state index is 13.5. The van der Waals surface area contributed by atoms with E-state index in [0.717, 1.165) is 11.6 Å². The lowest BCUT2D eigenvalue weighted by Gasteiger charge is -2.08. The molecule has 0 fully saturated rings. The number of nitrogens with two attached hydrogens (primary N) is 1. The first-order valence-corrected chi connectivity index (χ1v) is 6.64. The van der Waals surface area contributed by atoms with Crippen LogP contribution in [0, 0.1) is 17.5 Å². The standard InChI is InChI=1S/C14H12F3NS/c15-11-2-1-9(10(5-11)7-18)8-19-14-4-3-12(16)6-13(14)17/h1-6H,7-8,18H2. The van der Waals surface area contributed by atoms with Crippen LogP contribution in [0.4, 0.5) is 13.2 Å². The third-order valence-corrected chi connectivity index (χ3v) is 3.76. The Bertz CT molecular complexity index is 587. The molecule has 0 aliphatic heterocycles. The molecule has 0 aliphatic rings. The Morgan fingerprint density at radius 1 is 0.895 bits per heavy atom. The Morgan fingerprint density at radius 3 is 2.26 bits per heavy atom. The van der Waals surface area contributed by atoms with Gasteiger partial charge < -0.3 is 5.73 Å². The molecule has 100 valence electrons. The van der Waals surface area contributed by atoms with Gasteiger partial charge in [-0.2, -0.15) is 0 Å². The zero-order chi connectivity index (χ0) is 13.8. The molecule has 19 heavy (non-hydrogen) atoms. The smallest absolute Gasteiger partial charge is 0.139 e. The molecule has 2 rings (SSSR count). The van der Waals surface area contributed by atoms with Gasteiger partial charge in [-0.05, 0) is 35.4 Å². The summed E-state index contributed by atoms with van der Waals surface area (Å²) in [7, 11) is 0. The van der Waals surface area contributed by atoms with Crippen molar-refractivity contribution in [2.45, 2.75) is 17.2 Å². The van der Waals surface area contributed by atoms with Gasteiger partial charge in [0.1, 0.15) is 17.5 Å². The molecule has 0 radical (unpaired) electrons. The van der Waals surface area contributed by atoms with Gasteiger partial charge in [-0.15, -0.1) is 11.8 Å². The second-order valence-corrected chi connectivity index (χ2v) is 5.00. The van der Waals surface area contributed by atoms with Crippen molar-refractivity contribution in [1.82, 2.24) is 0 Å². The molecule has 5 heteroatoms. The number of rotatable bonds is 4. The molecule has 0 amide bonds. The highest BCUT2D eigenvalue weighted by molar-refractivity contribution is 7.98. The average molecular weight is 283 g/mol. The molecule has 0 spiro atoms. The SMILES string of the molecule is NCc1cc(F)ccc1CSc1ccc(F)cc1F. The van der Waals surface area contributed by atoms with Crippen molar-refractivity contribution in [3.05, 3.63) is 65.0 Å². The fourth-order valence-electron chi connectivity index (χ4n) is 1.67. The molecule has 2 aromatic carbocycles. The summed E-state index contributed by atoms with van der Waals surface area (Å²) in [5.41, 5.74) is 7.07. The van der Waals surface area contributed by atoms with Gasteiger partial charge in [-0.25, -0.2) is 13.2 Å². The number of hydrogen-bond donors (Lipinski definition) is 1. The molecule has 1 nitrogen and oxygen atoms in total. The van der Waals surface area contributed by atoms with E-state index < -0.39 is 11.6 Å². The maximum Gasteiger partial charge on any atom is 0.139 e. The van der Waals surface area contributed by atoms with Crippen LogP contribution in [0.15, 0.2) is 41.3 Å². The summed E-state index contributed by atoms with van der Waals surface area (Å²) in [6, 6.07) is 7.79. The fraction of sp³-hybridized carbons (Fsp3) is 0.143. The third-order valence-electron chi connectivity index (χ3n) is 2.67. The van der Waals surface area contributed by atoms with Gasteiger partial charge in [0.2, 0.25) is 0 Å². The van der Waals surface area contributed by atoms with Gasteiger partial charge in [0.15, 0.2) is 0 Å². The first kappa shape index (κ1) is 14.0. The lowest BCUT2D eigenvalue weighted by Crippen LogP contribution is -2.01. The quantitative estimate of drug-likeness (QED) is 0.862. The highest BCUT2D eigenvalue weighted by Gasteiger charge is 2.07. The first-order chi connectivity index (χ1) is 9.10. The van der Waals surface area contributed by atoms with E-state index in [4.69, 9.17) is 5.73 Å². The van der Waals surface area contributed by atoms with Crippen molar-refractivity contribution >= 4 is 11.8 Å². The van der Waals surface area contributed by atoms with E-state index in [2.05, 4.69) is 0 Å². The average Bonchev–Trinajstić information content (AvgIpc) is 2.39. The highest BCUT2D eigenvalue weighted by Crippen LogP contribution is 2.27. The number of benzene rings is 2. The topological polar surface area (TPSA) is 26.0 Å². The van der Waals surface area contributed by atoms with Crippen molar-refractivity contribution in [3.63, 3.8) is 0 Å². The molecule has 0 aromatic heterocycles. The summed E-state index contributed by atoms with van der Waals surface area (Å²) >= 11 is 1.22. The fourth-order valence-corrected chi connectivity index (χ4v) is 2.63. The second-order valence-electron chi connectivity index (χ2n) is 3.98. The van der Waals surface area contributed by atoms with Crippen molar-refractivity contribution < 1.29 is 13.2 Å². The molecule has 0 unspecified atom stereocenters. The van der Waals surface area contributed by atoms with Gasteiger partial charge >= 0.3 is 0 Å². The predicted octanol–water partition coefficient (Wildman–Crippen LogP) is 3.85. The van der Waals surface area contributed by atoms with Crippen LogP contribution in [0.5, 0.6) is 0 Å². The van der Waals surface area contributed by atoms with Crippen molar-refractivity contribution in [2.75, 3.05) is 0 Å². The maximum absolute atomic E-state index is 13.5. The van der Waals surface area contributed by atoms with E-state index in [1.165, 1.54) is 36.0 Å². The zero-order valence-corrected chi connectivity index (χ0v) is 10.8. The number of hydrogen-bond acceptors (Lipinski definition) is 2. The van der Waals surface area contributed by atoms with Crippen molar-refractivity contribution in [2.24, 2.45) is 5.73 Å². The molecular weight excluding hydrogens is 271 g/mol. The predicted molar refractivity (Wildman–Crippen MR) is 70.2 cm³/mol. The summed E-state index contributed by atoms with van der Waals surface area (Å²) in [5, 5.41) is 0. The van der Waals surface area contributed by atoms with Gasteiger partial charge in [0, 0.05) is 23.3 Å². The van der Waals surface area contributed by atoms with E-state index in [9.17, 15) is 13.2 Å². The van der Waals surface area contributed by atoms with Crippen LogP contribution in [0.3, 0.4) is 0 Å². The Kier molecular flexibility index (Phi) is 4.50. The zero-order valence-electron chi connectivity index (χ0n) is 10.00. The largest absolute Gasteiger partial charge is 0.326 e. The second kappa shape index (κ2) is 6.12. The van der Waals surface area contributed by atoms with Crippen molar-refractivity contribution in [3.8, 4) is 0 Å². The molecule has 2 N–H and O–H groups in total. The molecule has 0 aliphatic carbocycles. The Balaban J connectivity index is 2.14. The summed E-state index contributed by atoms with van der Waals surface area (Å²) < 4.78 is 39.3. The monoisotopic (exact) mass is 283 g/mol. The van der Waals surface area contributed by atoms with Crippen LogP contribution in [-0.2, 0) is 12.3 Å². The summed E-state index contributed by atoms with van der Waals surface area (Å²) in [5.74, 6) is -1.09. The van der Waals surface area contributed by atoms with E-state index in [0.29, 0.717) is 16.2 Å². The minimum absolute atomic E-state index is 0.222. The van der Waals surface area contributed by atoms with Gasteiger partial charge in [0.25, 0.3) is 0 Å². The molecular formula is C14H12F3NS. The number of halogens is 3. The number of thioether (sulfide) groups is 1.